The van der Waals surface area contributed by atoms with Crippen LogP contribution in [0.2, 0.25) is 5.15 Å². The van der Waals surface area contributed by atoms with Gasteiger partial charge in [-0.25, -0.2) is 13.8 Å². The third-order valence-electron chi connectivity index (χ3n) is 2.19. The van der Waals surface area contributed by atoms with E-state index in [9.17, 15) is 14.0 Å². The fourth-order valence-corrected chi connectivity index (χ4v) is 1.73. The Bertz CT molecular complexity index is 639. The molecule has 1 aromatic heterocycles. The van der Waals surface area contributed by atoms with Crippen LogP contribution in [-0.4, -0.2) is 9.55 Å². The van der Waals surface area contributed by atoms with Crippen molar-refractivity contribution in [1.29, 1.82) is 0 Å². The SMILES string of the molecule is Cc1cc(F)cc(-n2c(=O)cc(Cl)[nH]c2=O)c1. The molecule has 0 aliphatic rings. The van der Waals surface area contributed by atoms with Gasteiger partial charge in [-0.3, -0.25) is 9.78 Å². The van der Waals surface area contributed by atoms with Crippen molar-refractivity contribution in [3.63, 3.8) is 0 Å². The molecule has 0 atom stereocenters. The van der Waals surface area contributed by atoms with E-state index in [-0.39, 0.29) is 10.8 Å². The van der Waals surface area contributed by atoms with Gasteiger partial charge in [-0.05, 0) is 30.7 Å². The van der Waals surface area contributed by atoms with E-state index in [1.807, 2.05) is 0 Å². The van der Waals surface area contributed by atoms with Crippen LogP contribution in [0.3, 0.4) is 0 Å². The van der Waals surface area contributed by atoms with E-state index in [0.29, 0.717) is 5.56 Å². The molecular formula is C11H8ClFN2O2. The molecule has 0 fully saturated rings. The molecule has 17 heavy (non-hydrogen) atoms. The van der Waals surface area contributed by atoms with E-state index in [1.165, 1.54) is 12.1 Å². The van der Waals surface area contributed by atoms with Crippen molar-refractivity contribution < 1.29 is 4.39 Å². The van der Waals surface area contributed by atoms with Gasteiger partial charge in [0, 0.05) is 6.07 Å². The monoisotopic (exact) mass is 254 g/mol. The molecule has 0 saturated carbocycles. The molecule has 0 bridgehead atoms. The molecule has 0 aliphatic carbocycles. The van der Waals surface area contributed by atoms with Crippen LogP contribution in [-0.2, 0) is 0 Å². The summed E-state index contributed by atoms with van der Waals surface area (Å²) in [6.45, 7) is 1.67. The van der Waals surface area contributed by atoms with Crippen LogP contribution in [0.1, 0.15) is 5.56 Å². The minimum Gasteiger partial charge on any atom is -0.297 e. The number of rotatable bonds is 1. The first-order valence-corrected chi connectivity index (χ1v) is 5.14. The Balaban J connectivity index is 2.77. The predicted molar refractivity (Wildman–Crippen MR) is 62.4 cm³/mol. The molecule has 0 saturated heterocycles. The first-order valence-electron chi connectivity index (χ1n) is 4.77. The molecule has 0 radical (unpaired) electrons. The number of hydrogen-bond donors (Lipinski definition) is 1. The van der Waals surface area contributed by atoms with E-state index in [2.05, 4.69) is 4.98 Å². The summed E-state index contributed by atoms with van der Waals surface area (Å²) in [6, 6.07) is 5.01. The third kappa shape index (κ3) is 2.29. The van der Waals surface area contributed by atoms with Crippen LogP contribution in [0.5, 0.6) is 0 Å². The molecular weight excluding hydrogens is 247 g/mol. The van der Waals surface area contributed by atoms with Crippen LogP contribution in [0.4, 0.5) is 4.39 Å². The molecule has 0 amide bonds. The maximum Gasteiger partial charge on any atom is 0.334 e. The van der Waals surface area contributed by atoms with Crippen LogP contribution in [0.15, 0.2) is 33.9 Å². The summed E-state index contributed by atoms with van der Waals surface area (Å²) >= 11 is 5.53. The van der Waals surface area contributed by atoms with Crippen molar-refractivity contribution in [3.8, 4) is 5.69 Å². The zero-order chi connectivity index (χ0) is 12.6. The lowest BCUT2D eigenvalue weighted by atomic mass is 10.2. The number of nitrogens with one attached hydrogen (secondary N) is 1. The van der Waals surface area contributed by atoms with Crippen LogP contribution in [0, 0.1) is 12.7 Å². The topological polar surface area (TPSA) is 54.9 Å². The average Bonchev–Trinajstić information content (AvgIpc) is 2.13. The summed E-state index contributed by atoms with van der Waals surface area (Å²) in [5.41, 5.74) is -0.525. The molecule has 88 valence electrons. The number of H-pyrrole nitrogens is 1. The minimum absolute atomic E-state index is 0.0515. The Labute approximate surface area is 100 Å². The van der Waals surface area contributed by atoms with Crippen molar-refractivity contribution in [2.24, 2.45) is 0 Å². The molecule has 6 heteroatoms. The van der Waals surface area contributed by atoms with Crippen LogP contribution in [0.25, 0.3) is 5.69 Å². The van der Waals surface area contributed by atoms with Crippen LogP contribution < -0.4 is 11.2 Å². The summed E-state index contributed by atoms with van der Waals surface area (Å²) in [5, 5.41) is -0.0515. The molecule has 0 aliphatic heterocycles. The normalized spacial score (nSPS) is 10.5. The Kier molecular flexibility index (Phi) is 2.85. The summed E-state index contributed by atoms with van der Waals surface area (Å²) in [4.78, 5) is 25.5. The van der Waals surface area contributed by atoms with Crippen molar-refractivity contribution in [3.05, 3.63) is 61.6 Å². The highest BCUT2D eigenvalue weighted by molar-refractivity contribution is 6.29. The van der Waals surface area contributed by atoms with Gasteiger partial charge in [-0.1, -0.05) is 11.6 Å². The summed E-state index contributed by atoms with van der Waals surface area (Å²) in [5.74, 6) is -0.513. The minimum atomic E-state index is -0.701. The number of halogens is 2. The predicted octanol–water partition coefficient (Wildman–Crippen LogP) is 1.63. The van der Waals surface area contributed by atoms with Crippen molar-refractivity contribution >= 4 is 11.6 Å². The Morgan fingerprint density at radius 3 is 2.53 bits per heavy atom. The Morgan fingerprint density at radius 1 is 1.24 bits per heavy atom. The number of benzene rings is 1. The van der Waals surface area contributed by atoms with E-state index < -0.39 is 17.1 Å². The molecule has 1 heterocycles. The lowest BCUT2D eigenvalue weighted by Gasteiger charge is -2.05. The van der Waals surface area contributed by atoms with E-state index in [1.54, 1.807) is 6.92 Å². The summed E-state index contributed by atoms with van der Waals surface area (Å²) < 4.78 is 14.0. The number of hydrogen-bond acceptors (Lipinski definition) is 2. The standard InChI is InChI=1S/C11H8ClFN2O2/c1-6-2-7(13)4-8(3-6)15-10(16)5-9(12)14-11(15)17/h2-5H,1H3,(H,14,17). The van der Waals surface area contributed by atoms with Gasteiger partial charge in [0.25, 0.3) is 5.56 Å². The Hall–Kier alpha value is -1.88. The van der Waals surface area contributed by atoms with Gasteiger partial charge >= 0.3 is 5.69 Å². The largest absolute Gasteiger partial charge is 0.334 e. The van der Waals surface area contributed by atoms with Crippen LogP contribution >= 0.6 is 11.6 Å². The van der Waals surface area contributed by atoms with E-state index in [4.69, 9.17) is 11.6 Å². The van der Waals surface area contributed by atoms with Gasteiger partial charge in [0.15, 0.2) is 0 Å². The first-order chi connectivity index (χ1) is 7.97. The van der Waals surface area contributed by atoms with Crippen molar-refractivity contribution in [2.45, 2.75) is 6.92 Å². The molecule has 0 unspecified atom stereocenters. The maximum atomic E-state index is 13.2. The Morgan fingerprint density at radius 2 is 1.94 bits per heavy atom. The molecule has 2 rings (SSSR count). The fraction of sp³-hybridized carbons (Fsp3) is 0.0909. The highest BCUT2D eigenvalue weighted by atomic mass is 35.5. The molecule has 2 aromatic rings. The molecule has 1 aromatic carbocycles. The summed E-state index contributed by atoms with van der Waals surface area (Å²) in [6.07, 6.45) is 0. The number of nitrogens with zero attached hydrogens (tertiary/aromatic N) is 1. The van der Waals surface area contributed by atoms with Gasteiger partial charge < -0.3 is 0 Å². The maximum absolute atomic E-state index is 13.2. The molecule has 0 spiro atoms. The summed E-state index contributed by atoms with van der Waals surface area (Å²) in [7, 11) is 0. The molecule has 4 nitrogen and oxygen atoms in total. The third-order valence-corrected chi connectivity index (χ3v) is 2.39. The van der Waals surface area contributed by atoms with Crippen molar-refractivity contribution in [2.75, 3.05) is 0 Å². The highest BCUT2D eigenvalue weighted by Gasteiger charge is 2.07. The van der Waals surface area contributed by atoms with Gasteiger partial charge in [-0.15, -0.1) is 0 Å². The van der Waals surface area contributed by atoms with E-state index >= 15 is 0 Å². The lowest BCUT2D eigenvalue weighted by molar-refractivity contribution is 0.624. The second kappa shape index (κ2) is 4.18. The second-order valence-electron chi connectivity index (χ2n) is 3.58. The molecule has 1 N–H and O–H groups in total. The number of aromatic amines is 1. The number of aryl methyl sites for hydroxylation is 1. The van der Waals surface area contributed by atoms with Crippen molar-refractivity contribution in [1.82, 2.24) is 9.55 Å². The second-order valence-corrected chi connectivity index (χ2v) is 3.99. The highest BCUT2D eigenvalue weighted by Crippen LogP contribution is 2.10. The lowest BCUT2D eigenvalue weighted by Crippen LogP contribution is -2.33. The smallest absolute Gasteiger partial charge is 0.297 e. The number of aromatic nitrogens is 2. The first kappa shape index (κ1) is 11.6. The zero-order valence-electron chi connectivity index (χ0n) is 8.83. The van der Waals surface area contributed by atoms with Gasteiger partial charge in [0.05, 0.1) is 5.69 Å². The average molecular weight is 255 g/mol. The van der Waals surface area contributed by atoms with E-state index in [0.717, 1.165) is 16.7 Å². The van der Waals surface area contributed by atoms with Gasteiger partial charge in [0.1, 0.15) is 11.0 Å². The van der Waals surface area contributed by atoms with Gasteiger partial charge in [0.2, 0.25) is 0 Å². The zero-order valence-corrected chi connectivity index (χ0v) is 9.58. The van der Waals surface area contributed by atoms with Gasteiger partial charge in [-0.2, -0.15) is 0 Å². The fourth-order valence-electron chi connectivity index (χ4n) is 1.56. The quantitative estimate of drug-likeness (QED) is 0.787.